The van der Waals surface area contributed by atoms with Crippen LogP contribution < -0.4 is 5.32 Å². The summed E-state index contributed by atoms with van der Waals surface area (Å²) in [5.41, 5.74) is 4.09. The fraction of sp³-hybridized carbons (Fsp3) is 0.370. The predicted molar refractivity (Wildman–Crippen MR) is 130 cm³/mol. The molecule has 33 heavy (non-hydrogen) atoms. The average Bonchev–Trinajstić information content (AvgIpc) is 2.78. The monoisotopic (exact) mass is 446 g/mol. The molecule has 1 N–H and O–H groups in total. The summed E-state index contributed by atoms with van der Waals surface area (Å²) in [6.07, 6.45) is 3.42. The highest BCUT2D eigenvalue weighted by Gasteiger charge is 2.28. The van der Waals surface area contributed by atoms with E-state index in [0.29, 0.717) is 42.0 Å². The quantitative estimate of drug-likeness (QED) is 0.554. The number of nitrogens with zero attached hydrogens (tertiary/aromatic N) is 3. The van der Waals surface area contributed by atoms with Gasteiger partial charge in [0.05, 0.1) is 11.3 Å². The van der Waals surface area contributed by atoms with E-state index < -0.39 is 0 Å². The maximum absolute atomic E-state index is 13.5. The Hall–Kier alpha value is -3.28. The van der Waals surface area contributed by atoms with Gasteiger partial charge in [0.15, 0.2) is 0 Å². The van der Waals surface area contributed by atoms with Crippen LogP contribution in [0.25, 0.3) is 11.3 Å². The summed E-state index contributed by atoms with van der Waals surface area (Å²) in [7, 11) is 0. The van der Waals surface area contributed by atoms with Gasteiger partial charge in [-0.3, -0.25) is 4.79 Å². The van der Waals surface area contributed by atoms with Gasteiger partial charge < -0.3 is 10.2 Å². The minimum atomic E-state index is -0.241. The second kappa shape index (κ2) is 10.1. The van der Waals surface area contributed by atoms with E-state index in [1.54, 1.807) is 12.3 Å². The standard InChI is InChI=1S/C27H31FN4O/c1-18-7-9-22(10-8-18)25-24(26(33)32-16-19(2)13-20(3)17-32)15-30-27(31-25)29-12-11-21-5-4-6-23(28)14-21/h4-10,14-15,19-20H,11-13,16-17H2,1-3H3,(H,29,30,31). The third-order valence-corrected chi connectivity index (χ3v) is 6.09. The molecule has 4 rings (SSSR count). The summed E-state index contributed by atoms with van der Waals surface area (Å²) in [4.78, 5) is 24.6. The van der Waals surface area contributed by atoms with Crippen molar-refractivity contribution < 1.29 is 9.18 Å². The summed E-state index contributed by atoms with van der Waals surface area (Å²) >= 11 is 0. The Morgan fingerprint density at radius 1 is 1.12 bits per heavy atom. The Kier molecular flexibility index (Phi) is 7.02. The molecule has 1 amide bonds. The highest BCUT2D eigenvalue weighted by molar-refractivity contribution is 6.00. The predicted octanol–water partition coefficient (Wildman–Crippen LogP) is 5.36. The minimum absolute atomic E-state index is 0.0183. The molecule has 1 aromatic heterocycles. The number of anilines is 1. The van der Waals surface area contributed by atoms with Crippen LogP contribution in [0.3, 0.4) is 0 Å². The number of aromatic nitrogens is 2. The van der Waals surface area contributed by atoms with Gasteiger partial charge in [0.2, 0.25) is 5.95 Å². The number of aryl methyl sites for hydroxylation is 1. The molecule has 1 aliphatic rings. The van der Waals surface area contributed by atoms with Crippen molar-refractivity contribution in [3.63, 3.8) is 0 Å². The number of piperidine rings is 1. The molecule has 0 bridgehead atoms. The topological polar surface area (TPSA) is 58.1 Å². The van der Waals surface area contributed by atoms with Gasteiger partial charge in [-0.15, -0.1) is 0 Å². The summed E-state index contributed by atoms with van der Waals surface area (Å²) < 4.78 is 13.4. The maximum Gasteiger partial charge on any atom is 0.257 e. The van der Waals surface area contributed by atoms with E-state index in [1.807, 2.05) is 42.2 Å². The van der Waals surface area contributed by atoms with E-state index in [2.05, 4.69) is 24.1 Å². The third-order valence-electron chi connectivity index (χ3n) is 6.09. The number of amides is 1. The number of hydrogen-bond donors (Lipinski definition) is 1. The number of rotatable bonds is 6. The molecule has 1 aliphatic heterocycles. The summed E-state index contributed by atoms with van der Waals surface area (Å²) in [5, 5.41) is 3.22. The summed E-state index contributed by atoms with van der Waals surface area (Å²) in [6, 6.07) is 14.6. The van der Waals surface area contributed by atoms with Gasteiger partial charge in [-0.1, -0.05) is 55.8 Å². The van der Waals surface area contributed by atoms with Crippen LogP contribution in [0.1, 0.15) is 41.8 Å². The van der Waals surface area contributed by atoms with Crippen molar-refractivity contribution in [2.24, 2.45) is 11.8 Å². The Labute approximate surface area is 195 Å². The van der Waals surface area contributed by atoms with Crippen LogP contribution in [0.4, 0.5) is 10.3 Å². The molecule has 2 unspecified atom stereocenters. The lowest BCUT2D eigenvalue weighted by Gasteiger charge is -2.35. The fourth-order valence-electron chi connectivity index (χ4n) is 4.57. The SMILES string of the molecule is Cc1ccc(-c2nc(NCCc3cccc(F)c3)ncc2C(=O)N2CC(C)CC(C)C2)cc1. The third kappa shape index (κ3) is 5.75. The zero-order chi connectivity index (χ0) is 23.4. The fourth-order valence-corrected chi connectivity index (χ4v) is 4.57. The molecule has 0 radical (unpaired) electrons. The van der Waals surface area contributed by atoms with Crippen molar-refractivity contribution in [1.82, 2.24) is 14.9 Å². The Morgan fingerprint density at radius 3 is 2.55 bits per heavy atom. The minimum Gasteiger partial charge on any atom is -0.354 e. The van der Waals surface area contributed by atoms with E-state index in [9.17, 15) is 9.18 Å². The van der Waals surface area contributed by atoms with Crippen LogP contribution in [0.5, 0.6) is 0 Å². The van der Waals surface area contributed by atoms with Crippen LogP contribution in [0.2, 0.25) is 0 Å². The van der Waals surface area contributed by atoms with Crippen molar-refractivity contribution in [3.8, 4) is 11.3 Å². The van der Waals surface area contributed by atoms with Crippen LogP contribution in [-0.4, -0.2) is 40.4 Å². The van der Waals surface area contributed by atoms with E-state index in [1.165, 1.54) is 12.1 Å². The first kappa shape index (κ1) is 22.9. The molecule has 5 nitrogen and oxygen atoms in total. The number of likely N-dealkylation sites (tertiary alicyclic amines) is 1. The Morgan fingerprint density at radius 2 is 1.85 bits per heavy atom. The van der Waals surface area contributed by atoms with Gasteiger partial charge >= 0.3 is 0 Å². The first-order valence-corrected chi connectivity index (χ1v) is 11.6. The molecule has 0 aliphatic carbocycles. The van der Waals surface area contributed by atoms with E-state index >= 15 is 0 Å². The molecule has 1 fully saturated rings. The van der Waals surface area contributed by atoms with Gasteiger partial charge in [0.1, 0.15) is 5.82 Å². The second-order valence-corrected chi connectivity index (χ2v) is 9.28. The number of carbonyl (C=O) groups is 1. The number of nitrogens with one attached hydrogen (secondary N) is 1. The molecular weight excluding hydrogens is 415 g/mol. The molecule has 2 aromatic carbocycles. The normalized spacial score (nSPS) is 18.2. The van der Waals surface area contributed by atoms with Crippen molar-refractivity contribution in [2.45, 2.75) is 33.6 Å². The van der Waals surface area contributed by atoms with Gasteiger partial charge in [0, 0.05) is 31.4 Å². The highest BCUT2D eigenvalue weighted by atomic mass is 19.1. The zero-order valence-electron chi connectivity index (χ0n) is 19.5. The number of halogens is 1. The first-order chi connectivity index (χ1) is 15.9. The first-order valence-electron chi connectivity index (χ1n) is 11.6. The van der Waals surface area contributed by atoms with Gasteiger partial charge in [0.25, 0.3) is 5.91 Å². The number of carbonyl (C=O) groups excluding carboxylic acids is 1. The molecule has 2 heterocycles. The van der Waals surface area contributed by atoms with E-state index in [-0.39, 0.29) is 11.7 Å². The largest absolute Gasteiger partial charge is 0.354 e. The lowest BCUT2D eigenvalue weighted by molar-refractivity contribution is 0.0623. The molecule has 0 spiro atoms. The zero-order valence-corrected chi connectivity index (χ0v) is 19.5. The van der Waals surface area contributed by atoms with Crippen LogP contribution >= 0.6 is 0 Å². The Bertz CT molecular complexity index is 1110. The lowest BCUT2D eigenvalue weighted by atomic mass is 9.91. The van der Waals surface area contributed by atoms with Gasteiger partial charge in [-0.05, 0) is 49.3 Å². The van der Waals surface area contributed by atoms with Crippen molar-refractivity contribution >= 4 is 11.9 Å². The van der Waals surface area contributed by atoms with Gasteiger partial charge in [-0.25, -0.2) is 14.4 Å². The second-order valence-electron chi connectivity index (χ2n) is 9.28. The van der Waals surface area contributed by atoms with Gasteiger partial charge in [-0.2, -0.15) is 0 Å². The summed E-state index contributed by atoms with van der Waals surface area (Å²) in [6.45, 7) is 8.49. The van der Waals surface area contributed by atoms with Crippen LogP contribution in [0, 0.1) is 24.6 Å². The van der Waals surface area contributed by atoms with Crippen molar-refractivity contribution in [2.75, 3.05) is 25.0 Å². The van der Waals surface area contributed by atoms with E-state index in [0.717, 1.165) is 36.2 Å². The van der Waals surface area contributed by atoms with Crippen LogP contribution in [0.15, 0.2) is 54.7 Å². The molecule has 6 heteroatoms. The molecular formula is C27H31FN4O. The Balaban J connectivity index is 1.58. The molecule has 1 saturated heterocycles. The number of benzene rings is 2. The smallest absolute Gasteiger partial charge is 0.257 e. The molecule has 2 atom stereocenters. The number of hydrogen-bond acceptors (Lipinski definition) is 4. The van der Waals surface area contributed by atoms with Crippen molar-refractivity contribution in [1.29, 1.82) is 0 Å². The molecule has 0 saturated carbocycles. The molecule has 3 aromatic rings. The average molecular weight is 447 g/mol. The lowest BCUT2D eigenvalue weighted by Crippen LogP contribution is -2.42. The van der Waals surface area contributed by atoms with E-state index in [4.69, 9.17) is 4.98 Å². The molecule has 172 valence electrons. The van der Waals surface area contributed by atoms with Crippen LogP contribution in [-0.2, 0) is 6.42 Å². The summed E-state index contributed by atoms with van der Waals surface area (Å²) in [5.74, 6) is 1.15. The maximum atomic E-state index is 13.5. The van der Waals surface area contributed by atoms with Crippen molar-refractivity contribution in [3.05, 3.63) is 77.2 Å². The highest BCUT2D eigenvalue weighted by Crippen LogP contribution is 2.27.